The molecule has 0 aliphatic heterocycles. The Morgan fingerprint density at radius 1 is 1.25 bits per heavy atom. The van der Waals surface area contributed by atoms with Crippen molar-refractivity contribution < 1.29 is 13.9 Å². The van der Waals surface area contributed by atoms with Crippen LogP contribution < -0.4 is 10.4 Å². The minimum atomic E-state index is -0.532. The molecule has 0 spiro atoms. The molecule has 5 nitrogen and oxygen atoms in total. The maximum atomic E-state index is 12.2. The molecule has 0 aliphatic rings. The van der Waals surface area contributed by atoms with Crippen molar-refractivity contribution in [1.82, 2.24) is 4.98 Å². The van der Waals surface area contributed by atoms with Gasteiger partial charge in [-0.15, -0.1) is 0 Å². The molecule has 0 unspecified atom stereocenters. The second-order valence-electron chi connectivity index (χ2n) is 5.28. The first kappa shape index (κ1) is 16.4. The molecular weight excluding hydrogens is 374 g/mol. The lowest BCUT2D eigenvalue weighted by Gasteiger charge is -2.07. The van der Waals surface area contributed by atoms with Crippen molar-refractivity contribution in [3.8, 4) is 5.75 Å². The molecule has 0 bridgehead atoms. The summed E-state index contributed by atoms with van der Waals surface area (Å²) in [4.78, 5) is 27.8. The van der Waals surface area contributed by atoms with E-state index < -0.39 is 11.6 Å². The first-order valence-corrected chi connectivity index (χ1v) is 8.25. The molecule has 3 aromatic rings. The Morgan fingerprint density at radius 2 is 2.08 bits per heavy atom. The summed E-state index contributed by atoms with van der Waals surface area (Å²) in [5.74, 6) is -0.223. The normalized spacial score (nSPS) is 10.8. The number of esters is 1. The lowest BCUT2D eigenvalue weighted by atomic mass is 10.1. The summed E-state index contributed by atoms with van der Waals surface area (Å²) < 4.78 is 11.3. The number of nitrogens with zero attached hydrogens (tertiary/aromatic N) is 1. The van der Waals surface area contributed by atoms with Crippen molar-refractivity contribution in [2.75, 3.05) is 0 Å². The number of carbonyl (C=O) groups excluding carboxylic acids is 1. The van der Waals surface area contributed by atoms with Crippen LogP contribution in [-0.4, -0.2) is 11.0 Å². The van der Waals surface area contributed by atoms with Gasteiger partial charge in [-0.3, -0.25) is 4.98 Å². The van der Waals surface area contributed by atoms with Crippen molar-refractivity contribution >= 4 is 32.9 Å². The fourth-order valence-electron chi connectivity index (χ4n) is 2.44. The Labute approximate surface area is 146 Å². The van der Waals surface area contributed by atoms with Gasteiger partial charge in [-0.25, -0.2) is 9.59 Å². The van der Waals surface area contributed by atoms with Gasteiger partial charge in [0, 0.05) is 34.4 Å². The molecule has 122 valence electrons. The van der Waals surface area contributed by atoms with Gasteiger partial charge in [-0.05, 0) is 46.1 Å². The fraction of sp³-hybridized carbons (Fsp3) is 0.167. The highest BCUT2D eigenvalue weighted by atomic mass is 79.9. The van der Waals surface area contributed by atoms with E-state index in [0.717, 1.165) is 23.8 Å². The predicted octanol–water partition coefficient (Wildman–Crippen LogP) is 4.12. The topological polar surface area (TPSA) is 69.4 Å². The van der Waals surface area contributed by atoms with E-state index in [4.69, 9.17) is 9.15 Å². The second-order valence-corrected chi connectivity index (χ2v) is 6.20. The van der Waals surface area contributed by atoms with Crippen LogP contribution in [0.3, 0.4) is 0 Å². The summed E-state index contributed by atoms with van der Waals surface area (Å²) in [6.07, 6.45) is 4.71. The molecule has 2 heterocycles. The lowest BCUT2D eigenvalue weighted by molar-refractivity contribution is 0.0734. The molecule has 0 saturated heterocycles. The van der Waals surface area contributed by atoms with Gasteiger partial charge < -0.3 is 9.15 Å². The van der Waals surface area contributed by atoms with Crippen molar-refractivity contribution in [1.29, 1.82) is 0 Å². The summed E-state index contributed by atoms with van der Waals surface area (Å²) >= 11 is 3.26. The third-order valence-corrected chi connectivity index (χ3v) is 3.91. The van der Waals surface area contributed by atoms with E-state index in [1.807, 2.05) is 6.92 Å². The van der Waals surface area contributed by atoms with Gasteiger partial charge in [0.2, 0.25) is 0 Å². The third-order valence-electron chi connectivity index (χ3n) is 3.47. The van der Waals surface area contributed by atoms with Crippen LogP contribution in [0.2, 0.25) is 0 Å². The molecule has 1 aromatic carbocycles. The maximum Gasteiger partial charge on any atom is 0.345 e. The highest BCUT2D eigenvalue weighted by molar-refractivity contribution is 9.10. The average molecular weight is 388 g/mol. The number of aryl methyl sites for hydroxylation is 1. The second kappa shape index (κ2) is 6.97. The predicted molar refractivity (Wildman–Crippen MR) is 93.4 cm³/mol. The Bertz CT molecular complexity index is 965. The molecule has 2 aromatic heterocycles. The smallest absolute Gasteiger partial charge is 0.345 e. The van der Waals surface area contributed by atoms with Crippen molar-refractivity contribution in [2.45, 2.75) is 19.8 Å². The zero-order valence-corrected chi connectivity index (χ0v) is 14.5. The largest absolute Gasteiger partial charge is 0.423 e. The minimum absolute atomic E-state index is 0.310. The Kier molecular flexibility index (Phi) is 4.76. The van der Waals surface area contributed by atoms with E-state index in [9.17, 15) is 9.59 Å². The van der Waals surface area contributed by atoms with E-state index in [-0.39, 0.29) is 0 Å². The molecule has 0 fully saturated rings. The van der Waals surface area contributed by atoms with E-state index in [2.05, 4.69) is 20.9 Å². The molecule has 24 heavy (non-hydrogen) atoms. The van der Waals surface area contributed by atoms with Crippen LogP contribution >= 0.6 is 15.9 Å². The molecule has 0 amide bonds. The number of halogens is 1. The van der Waals surface area contributed by atoms with E-state index >= 15 is 0 Å². The number of hydrogen-bond acceptors (Lipinski definition) is 5. The van der Waals surface area contributed by atoms with E-state index in [1.54, 1.807) is 30.5 Å². The van der Waals surface area contributed by atoms with E-state index in [1.165, 1.54) is 12.3 Å². The van der Waals surface area contributed by atoms with Crippen LogP contribution in [0.25, 0.3) is 11.0 Å². The van der Waals surface area contributed by atoms with Crippen LogP contribution in [0, 0.1) is 0 Å². The molecule has 0 atom stereocenters. The van der Waals surface area contributed by atoms with Gasteiger partial charge in [0.05, 0.1) is 5.56 Å². The number of benzene rings is 1. The molecular formula is C18H14BrNO4. The van der Waals surface area contributed by atoms with Crippen LogP contribution in [-0.2, 0) is 6.42 Å². The molecule has 0 saturated carbocycles. The van der Waals surface area contributed by atoms with Crippen LogP contribution in [0.15, 0.2) is 56.4 Å². The maximum absolute atomic E-state index is 12.2. The fourth-order valence-corrected chi connectivity index (χ4v) is 2.80. The number of fused-ring (bicyclic) bond motifs is 1. The Hall–Kier alpha value is -2.47. The van der Waals surface area contributed by atoms with Gasteiger partial charge >= 0.3 is 11.6 Å². The molecule has 0 N–H and O–H groups in total. The van der Waals surface area contributed by atoms with Gasteiger partial charge in [0.25, 0.3) is 0 Å². The summed E-state index contributed by atoms with van der Waals surface area (Å²) in [6.45, 7) is 2.04. The number of carbonyl (C=O) groups is 1. The SMILES string of the molecule is CCCc1cc(=O)oc2cc(OC(=O)c3cncc(Br)c3)ccc12. The monoisotopic (exact) mass is 387 g/mol. The van der Waals surface area contributed by atoms with Crippen molar-refractivity contribution in [3.63, 3.8) is 0 Å². The molecule has 6 heteroatoms. The number of hydrogen-bond donors (Lipinski definition) is 0. The van der Waals surface area contributed by atoms with Gasteiger partial charge in [0.15, 0.2) is 0 Å². The highest BCUT2D eigenvalue weighted by Crippen LogP contribution is 2.24. The summed E-state index contributed by atoms with van der Waals surface area (Å²) in [7, 11) is 0. The van der Waals surface area contributed by atoms with Crippen LogP contribution in [0.5, 0.6) is 5.75 Å². The van der Waals surface area contributed by atoms with Crippen LogP contribution in [0.4, 0.5) is 0 Å². The lowest BCUT2D eigenvalue weighted by Crippen LogP contribution is -2.09. The van der Waals surface area contributed by atoms with Gasteiger partial charge in [-0.2, -0.15) is 0 Å². The summed E-state index contributed by atoms with van der Waals surface area (Å²) in [5, 5.41) is 0.848. The highest BCUT2D eigenvalue weighted by Gasteiger charge is 2.12. The zero-order valence-electron chi connectivity index (χ0n) is 12.9. The standard InChI is InChI=1S/C18H14BrNO4/c1-2-3-11-7-17(21)24-16-8-14(4-5-15(11)16)23-18(22)12-6-13(19)10-20-9-12/h4-10H,2-3H2,1H3. The first-order valence-electron chi connectivity index (χ1n) is 7.46. The quantitative estimate of drug-likeness (QED) is 0.382. The van der Waals surface area contributed by atoms with Crippen molar-refractivity contribution in [2.24, 2.45) is 0 Å². The van der Waals surface area contributed by atoms with Crippen molar-refractivity contribution in [3.05, 3.63) is 68.7 Å². The summed E-state index contributed by atoms with van der Waals surface area (Å²) in [5.41, 5.74) is 1.25. The number of aromatic nitrogens is 1. The van der Waals surface area contributed by atoms with Gasteiger partial charge in [0.1, 0.15) is 11.3 Å². The Morgan fingerprint density at radius 3 is 2.83 bits per heavy atom. The average Bonchev–Trinajstić information content (AvgIpc) is 2.54. The number of rotatable bonds is 4. The molecule has 3 rings (SSSR count). The third kappa shape index (κ3) is 3.54. The van der Waals surface area contributed by atoms with E-state index in [0.29, 0.717) is 21.4 Å². The number of ether oxygens (including phenoxy) is 1. The van der Waals surface area contributed by atoms with Crippen LogP contribution in [0.1, 0.15) is 29.3 Å². The summed E-state index contributed by atoms with van der Waals surface area (Å²) in [6, 6.07) is 8.16. The molecule has 0 aliphatic carbocycles. The first-order chi connectivity index (χ1) is 11.6. The minimum Gasteiger partial charge on any atom is -0.423 e. The molecule has 0 radical (unpaired) electrons. The zero-order chi connectivity index (χ0) is 17.1. The Balaban J connectivity index is 1.93. The van der Waals surface area contributed by atoms with Gasteiger partial charge in [-0.1, -0.05) is 13.3 Å². The number of pyridine rings is 1.